The maximum absolute atomic E-state index is 13.5. The third kappa shape index (κ3) is 6.35. The highest BCUT2D eigenvalue weighted by molar-refractivity contribution is 7.99. The third-order valence-corrected chi connectivity index (χ3v) is 5.94. The molecule has 1 saturated heterocycles. The molecule has 4 rings (SSSR count). The summed E-state index contributed by atoms with van der Waals surface area (Å²) in [5.41, 5.74) is 1.22. The van der Waals surface area contributed by atoms with E-state index in [1.54, 1.807) is 41.0 Å². The minimum Gasteiger partial charge on any atom is -0.494 e. The molecule has 0 bridgehead atoms. The van der Waals surface area contributed by atoms with Crippen molar-refractivity contribution in [3.8, 4) is 11.4 Å². The van der Waals surface area contributed by atoms with Gasteiger partial charge in [0.05, 0.1) is 12.4 Å². The SMILES string of the molecule is CCOc1ccc(NC(=O)CSc2nnc(CC3CC(=O)NC(=O)N3)n2-c2ccc(F)cc2)cc1. The zero-order chi connectivity index (χ0) is 24.8. The maximum atomic E-state index is 13.5. The number of imide groups is 1. The van der Waals surface area contributed by atoms with Crippen LogP contribution in [0.5, 0.6) is 5.75 Å². The Bertz CT molecular complexity index is 1200. The Hall–Kier alpha value is -3.93. The molecule has 1 atom stereocenters. The predicted molar refractivity (Wildman–Crippen MR) is 127 cm³/mol. The van der Waals surface area contributed by atoms with Crippen LogP contribution in [0.4, 0.5) is 14.9 Å². The van der Waals surface area contributed by atoms with Gasteiger partial charge in [-0.2, -0.15) is 0 Å². The van der Waals surface area contributed by atoms with E-state index in [9.17, 15) is 18.8 Å². The molecule has 1 aliphatic heterocycles. The highest BCUT2D eigenvalue weighted by atomic mass is 32.2. The number of ether oxygens (including phenoxy) is 1. The van der Waals surface area contributed by atoms with Gasteiger partial charge in [0.2, 0.25) is 11.8 Å². The van der Waals surface area contributed by atoms with E-state index < -0.39 is 17.9 Å². The molecule has 2 aromatic carbocycles. The number of aromatic nitrogens is 3. The molecule has 2 heterocycles. The quantitative estimate of drug-likeness (QED) is 0.387. The lowest BCUT2D eigenvalue weighted by molar-refractivity contribution is -0.121. The summed E-state index contributed by atoms with van der Waals surface area (Å²) in [6.45, 7) is 2.45. The van der Waals surface area contributed by atoms with Gasteiger partial charge in [-0.3, -0.25) is 19.5 Å². The highest BCUT2D eigenvalue weighted by Crippen LogP contribution is 2.24. The fourth-order valence-corrected chi connectivity index (χ4v) is 4.29. The first-order valence-corrected chi connectivity index (χ1v) is 11.9. The summed E-state index contributed by atoms with van der Waals surface area (Å²) >= 11 is 1.16. The first-order chi connectivity index (χ1) is 16.9. The fraction of sp³-hybridized carbons (Fsp3) is 0.261. The van der Waals surface area contributed by atoms with Gasteiger partial charge in [0, 0.05) is 30.3 Å². The smallest absolute Gasteiger partial charge is 0.321 e. The number of urea groups is 1. The molecule has 12 heteroatoms. The van der Waals surface area contributed by atoms with Crippen molar-refractivity contribution in [3.63, 3.8) is 0 Å². The lowest BCUT2D eigenvalue weighted by atomic mass is 10.1. The number of halogens is 1. The van der Waals surface area contributed by atoms with Crippen LogP contribution in [0, 0.1) is 5.82 Å². The average Bonchev–Trinajstić information content (AvgIpc) is 3.21. The van der Waals surface area contributed by atoms with Crippen molar-refractivity contribution in [3.05, 3.63) is 60.2 Å². The second kappa shape index (κ2) is 11.0. The summed E-state index contributed by atoms with van der Waals surface area (Å²) in [4.78, 5) is 35.9. The van der Waals surface area contributed by atoms with Crippen LogP contribution in [0.1, 0.15) is 19.2 Å². The van der Waals surface area contributed by atoms with E-state index in [0.29, 0.717) is 34.7 Å². The zero-order valence-corrected chi connectivity index (χ0v) is 19.6. The van der Waals surface area contributed by atoms with Gasteiger partial charge in [-0.25, -0.2) is 9.18 Å². The Labute approximate surface area is 204 Å². The third-order valence-electron chi connectivity index (χ3n) is 5.02. The van der Waals surface area contributed by atoms with E-state index in [1.807, 2.05) is 6.92 Å². The molecule has 4 amide bonds. The van der Waals surface area contributed by atoms with Crippen LogP contribution in [-0.2, 0) is 16.0 Å². The lowest BCUT2D eigenvalue weighted by Gasteiger charge is -2.23. The number of carbonyl (C=O) groups excluding carboxylic acids is 3. The van der Waals surface area contributed by atoms with Crippen molar-refractivity contribution >= 4 is 35.3 Å². The first kappa shape index (κ1) is 24.2. The van der Waals surface area contributed by atoms with Crippen molar-refractivity contribution in [1.82, 2.24) is 25.4 Å². The van der Waals surface area contributed by atoms with Crippen LogP contribution in [0.3, 0.4) is 0 Å². The van der Waals surface area contributed by atoms with E-state index in [4.69, 9.17) is 4.74 Å². The number of amides is 4. The molecule has 0 spiro atoms. The summed E-state index contributed by atoms with van der Waals surface area (Å²) in [5, 5.41) is 16.5. The Kier molecular flexibility index (Phi) is 7.60. The van der Waals surface area contributed by atoms with E-state index in [1.165, 1.54) is 12.1 Å². The van der Waals surface area contributed by atoms with Gasteiger partial charge in [-0.15, -0.1) is 10.2 Å². The summed E-state index contributed by atoms with van der Waals surface area (Å²) in [6, 6.07) is 11.8. The molecule has 35 heavy (non-hydrogen) atoms. The molecule has 3 aromatic rings. The maximum Gasteiger partial charge on any atom is 0.321 e. The second-order valence-electron chi connectivity index (χ2n) is 7.63. The Morgan fingerprint density at radius 3 is 2.60 bits per heavy atom. The lowest BCUT2D eigenvalue weighted by Crippen LogP contribution is -2.53. The largest absolute Gasteiger partial charge is 0.494 e. The van der Waals surface area contributed by atoms with Crippen molar-refractivity contribution in [2.24, 2.45) is 0 Å². The second-order valence-corrected chi connectivity index (χ2v) is 8.57. The Morgan fingerprint density at radius 1 is 1.17 bits per heavy atom. The number of thioether (sulfide) groups is 1. The number of hydrogen-bond acceptors (Lipinski definition) is 7. The summed E-state index contributed by atoms with van der Waals surface area (Å²) < 4.78 is 20.6. The van der Waals surface area contributed by atoms with E-state index in [0.717, 1.165) is 11.8 Å². The molecule has 0 radical (unpaired) electrons. The van der Waals surface area contributed by atoms with Gasteiger partial charge in [-0.1, -0.05) is 11.8 Å². The average molecular weight is 499 g/mol. The van der Waals surface area contributed by atoms with Gasteiger partial charge < -0.3 is 15.4 Å². The predicted octanol–water partition coefficient (Wildman–Crippen LogP) is 2.68. The molecule has 0 aliphatic carbocycles. The molecule has 0 saturated carbocycles. The molecule has 3 N–H and O–H groups in total. The van der Waals surface area contributed by atoms with E-state index in [2.05, 4.69) is 26.1 Å². The zero-order valence-electron chi connectivity index (χ0n) is 18.8. The monoisotopic (exact) mass is 498 g/mol. The van der Waals surface area contributed by atoms with E-state index >= 15 is 0 Å². The number of benzene rings is 2. The normalized spacial score (nSPS) is 15.3. The van der Waals surface area contributed by atoms with Crippen molar-refractivity contribution < 1.29 is 23.5 Å². The number of rotatable bonds is 9. The number of nitrogens with one attached hydrogen (secondary N) is 3. The number of nitrogens with zero attached hydrogens (tertiary/aromatic N) is 3. The molecule has 10 nitrogen and oxygen atoms in total. The first-order valence-electron chi connectivity index (χ1n) is 10.9. The van der Waals surface area contributed by atoms with Gasteiger partial charge in [0.25, 0.3) is 0 Å². The molecular formula is C23H23FN6O4S. The van der Waals surface area contributed by atoms with Crippen molar-refractivity contribution in [2.75, 3.05) is 17.7 Å². The topological polar surface area (TPSA) is 127 Å². The molecule has 1 fully saturated rings. The molecule has 1 unspecified atom stereocenters. The molecule has 1 aromatic heterocycles. The van der Waals surface area contributed by atoms with Crippen LogP contribution >= 0.6 is 11.8 Å². The standard InChI is InChI=1S/C23H23FN6O4S/c1-2-34-18-9-5-15(6-10-18)25-21(32)13-35-23-29-28-19(11-16-12-20(31)27-22(33)26-16)30(23)17-7-3-14(24)4-8-17/h3-10,16H,2,11-13H2,1H3,(H,25,32)(H2,26,27,31,33). The van der Waals surface area contributed by atoms with Crippen LogP contribution in [-0.4, -0.2) is 51.0 Å². The Morgan fingerprint density at radius 2 is 1.91 bits per heavy atom. The van der Waals surface area contributed by atoms with Crippen LogP contribution in [0.25, 0.3) is 5.69 Å². The molecular weight excluding hydrogens is 475 g/mol. The van der Waals surface area contributed by atoms with Crippen LogP contribution in [0.2, 0.25) is 0 Å². The van der Waals surface area contributed by atoms with Crippen LogP contribution < -0.4 is 20.7 Å². The van der Waals surface area contributed by atoms with Crippen LogP contribution in [0.15, 0.2) is 53.7 Å². The molecule has 182 valence electrons. The van der Waals surface area contributed by atoms with Crippen molar-refractivity contribution in [1.29, 1.82) is 0 Å². The Balaban J connectivity index is 1.48. The summed E-state index contributed by atoms with van der Waals surface area (Å²) in [5.74, 6) is 0.202. The highest BCUT2D eigenvalue weighted by Gasteiger charge is 2.27. The minimum atomic E-state index is -0.570. The van der Waals surface area contributed by atoms with E-state index in [-0.39, 0.29) is 30.4 Å². The number of hydrogen-bond donors (Lipinski definition) is 3. The summed E-state index contributed by atoms with van der Waals surface area (Å²) in [6.07, 6.45) is 0.317. The van der Waals surface area contributed by atoms with Gasteiger partial charge >= 0.3 is 6.03 Å². The summed E-state index contributed by atoms with van der Waals surface area (Å²) in [7, 11) is 0. The minimum absolute atomic E-state index is 0.0507. The number of carbonyl (C=O) groups is 3. The number of anilines is 1. The van der Waals surface area contributed by atoms with Crippen molar-refractivity contribution in [2.45, 2.75) is 31.0 Å². The van der Waals surface area contributed by atoms with Gasteiger partial charge in [-0.05, 0) is 55.5 Å². The van der Waals surface area contributed by atoms with Gasteiger partial charge in [0.1, 0.15) is 17.4 Å². The molecule has 1 aliphatic rings. The van der Waals surface area contributed by atoms with Gasteiger partial charge in [0.15, 0.2) is 5.16 Å². The fourth-order valence-electron chi connectivity index (χ4n) is 3.52.